The van der Waals surface area contributed by atoms with E-state index in [1.807, 2.05) is 18.2 Å². The van der Waals surface area contributed by atoms with Crippen molar-refractivity contribution in [3.63, 3.8) is 0 Å². The van der Waals surface area contributed by atoms with E-state index in [1.54, 1.807) is 0 Å². The highest BCUT2D eigenvalue weighted by Gasteiger charge is 2.10. The minimum absolute atomic E-state index is 0.262. The van der Waals surface area contributed by atoms with Crippen LogP contribution in [-0.2, 0) is 13.1 Å². The Morgan fingerprint density at radius 3 is 2.72 bits per heavy atom. The van der Waals surface area contributed by atoms with Crippen molar-refractivity contribution in [3.05, 3.63) is 92.6 Å². The quantitative estimate of drug-likeness (QED) is 0.705. The first-order valence-corrected chi connectivity index (χ1v) is 9.65. The minimum Gasteiger partial charge on any atom is -0.382 e. The van der Waals surface area contributed by atoms with E-state index in [-0.39, 0.29) is 5.56 Å². The fourth-order valence-electron chi connectivity index (χ4n) is 3.16. The van der Waals surface area contributed by atoms with Crippen LogP contribution in [-0.4, -0.2) is 16.4 Å². The van der Waals surface area contributed by atoms with Crippen LogP contribution in [0.25, 0.3) is 0 Å². The van der Waals surface area contributed by atoms with Crippen molar-refractivity contribution in [1.82, 2.24) is 15.0 Å². The summed E-state index contributed by atoms with van der Waals surface area (Å²) in [6, 6.07) is 9.58. The molecule has 1 aromatic carbocycles. The van der Waals surface area contributed by atoms with Gasteiger partial charge in [0.05, 0.1) is 12.2 Å². The normalized spacial score (nSPS) is 13.7. The summed E-state index contributed by atoms with van der Waals surface area (Å²) in [5.41, 5.74) is 6.27. The molecule has 0 radical (unpaired) electrons. The number of hydrogen-bond acceptors (Lipinski definition) is 5. The Bertz CT molecular complexity index is 1060. The standard InChI is InChI=1S/C23H27N5O/c1-16-9-6-8-12-21(18(16)3)25-15-20-13-22(29)28(24-4)23(27-20)26-14-19-11-7-5-10-17(19)2/h5-11,13,25H,4,12,14-15H2,1-3H3,(H,26,27). The smallest absolute Gasteiger partial charge is 0.275 e. The van der Waals surface area contributed by atoms with Crippen LogP contribution in [0.15, 0.2) is 75.3 Å². The van der Waals surface area contributed by atoms with E-state index in [0.29, 0.717) is 24.7 Å². The summed E-state index contributed by atoms with van der Waals surface area (Å²) in [6.45, 7) is 10.7. The van der Waals surface area contributed by atoms with Crippen LogP contribution in [0.3, 0.4) is 0 Å². The third-order valence-corrected chi connectivity index (χ3v) is 5.12. The van der Waals surface area contributed by atoms with Crippen molar-refractivity contribution < 1.29 is 0 Å². The number of benzene rings is 1. The first kappa shape index (κ1) is 20.3. The summed E-state index contributed by atoms with van der Waals surface area (Å²) >= 11 is 0. The van der Waals surface area contributed by atoms with Gasteiger partial charge < -0.3 is 10.6 Å². The maximum absolute atomic E-state index is 12.5. The number of hydrogen-bond donors (Lipinski definition) is 2. The van der Waals surface area contributed by atoms with E-state index in [2.05, 4.69) is 72.5 Å². The summed E-state index contributed by atoms with van der Waals surface area (Å²) in [5, 5.41) is 10.5. The van der Waals surface area contributed by atoms with Gasteiger partial charge >= 0.3 is 0 Å². The van der Waals surface area contributed by atoms with Gasteiger partial charge in [0, 0.05) is 31.4 Å². The first-order valence-electron chi connectivity index (χ1n) is 9.65. The molecule has 1 aromatic heterocycles. The maximum Gasteiger partial charge on any atom is 0.275 e. The fourth-order valence-corrected chi connectivity index (χ4v) is 3.16. The molecule has 1 aliphatic rings. The van der Waals surface area contributed by atoms with Gasteiger partial charge in [-0.25, -0.2) is 4.98 Å². The molecule has 0 atom stereocenters. The number of aryl methyl sites for hydroxylation is 1. The molecule has 0 unspecified atom stereocenters. The van der Waals surface area contributed by atoms with Gasteiger partial charge in [-0.05, 0) is 43.0 Å². The molecule has 0 bridgehead atoms. The molecule has 6 heteroatoms. The van der Waals surface area contributed by atoms with Crippen LogP contribution in [0.4, 0.5) is 5.95 Å². The molecule has 0 saturated carbocycles. The third-order valence-electron chi connectivity index (χ3n) is 5.12. The van der Waals surface area contributed by atoms with Gasteiger partial charge in [-0.1, -0.05) is 42.5 Å². The third kappa shape index (κ3) is 4.90. The number of nitrogens with zero attached hydrogens (tertiary/aromatic N) is 3. The zero-order valence-electron chi connectivity index (χ0n) is 17.2. The fraction of sp³-hybridized carbons (Fsp3) is 0.261. The van der Waals surface area contributed by atoms with Gasteiger partial charge in [-0.3, -0.25) is 4.79 Å². The summed E-state index contributed by atoms with van der Waals surface area (Å²) in [5.74, 6) is 0.384. The average molecular weight is 390 g/mol. The van der Waals surface area contributed by atoms with Gasteiger partial charge in [0.15, 0.2) is 0 Å². The van der Waals surface area contributed by atoms with E-state index >= 15 is 0 Å². The molecule has 6 nitrogen and oxygen atoms in total. The molecular formula is C23H27N5O. The van der Waals surface area contributed by atoms with Crippen molar-refractivity contribution in [1.29, 1.82) is 0 Å². The SMILES string of the molecule is C=Nn1c(NCc2ccccc2C)nc(CNC2=C(C)C(C)=CC=CC2)cc1=O. The molecule has 0 aliphatic heterocycles. The molecule has 29 heavy (non-hydrogen) atoms. The van der Waals surface area contributed by atoms with E-state index in [4.69, 9.17) is 0 Å². The Hall–Kier alpha value is -3.41. The Balaban J connectivity index is 1.80. The van der Waals surface area contributed by atoms with Crippen LogP contribution in [0.5, 0.6) is 0 Å². The second kappa shape index (κ2) is 9.19. The number of nitrogens with one attached hydrogen (secondary N) is 2. The number of aromatic nitrogens is 2. The molecule has 2 N–H and O–H groups in total. The lowest BCUT2D eigenvalue weighted by Crippen LogP contribution is -2.24. The topological polar surface area (TPSA) is 71.3 Å². The zero-order valence-corrected chi connectivity index (χ0v) is 17.2. The van der Waals surface area contributed by atoms with E-state index in [0.717, 1.165) is 17.7 Å². The number of anilines is 1. The lowest BCUT2D eigenvalue weighted by atomic mass is 10.1. The van der Waals surface area contributed by atoms with Crippen LogP contribution in [0, 0.1) is 6.92 Å². The van der Waals surface area contributed by atoms with Crippen molar-refractivity contribution in [2.24, 2.45) is 5.10 Å². The Labute approximate surface area is 171 Å². The highest BCUT2D eigenvalue weighted by molar-refractivity contribution is 5.38. The van der Waals surface area contributed by atoms with Crippen molar-refractivity contribution in [3.8, 4) is 0 Å². The number of rotatable bonds is 7. The maximum atomic E-state index is 12.5. The molecular weight excluding hydrogens is 362 g/mol. The molecule has 1 heterocycles. The van der Waals surface area contributed by atoms with Gasteiger partial charge in [-0.15, -0.1) is 0 Å². The van der Waals surface area contributed by atoms with Crippen LogP contribution < -0.4 is 16.2 Å². The Morgan fingerprint density at radius 2 is 1.97 bits per heavy atom. The molecule has 2 aromatic rings. The van der Waals surface area contributed by atoms with Gasteiger partial charge in [0.25, 0.3) is 5.56 Å². The van der Waals surface area contributed by atoms with E-state index in [9.17, 15) is 4.79 Å². The monoisotopic (exact) mass is 389 g/mol. The molecule has 0 saturated heterocycles. The predicted octanol–water partition coefficient (Wildman–Crippen LogP) is 3.90. The van der Waals surface area contributed by atoms with E-state index < -0.39 is 0 Å². The highest BCUT2D eigenvalue weighted by Crippen LogP contribution is 2.19. The average Bonchev–Trinajstić information content (AvgIpc) is 2.87. The van der Waals surface area contributed by atoms with Gasteiger partial charge in [0.2, 0.25) is 5.95 Å². The van der Waals surface area contributed by atoms with Crippen molar-refractivity contribution in [2.45, 2.75) is 40.3 Å². The predicted molar refractivity (Wildman–Crippen MR) is 119 cm³/mol. The molecule has 3 rings (SSSR count). The minimum atomic E-state index is -0.262. The number of allylic oxidation sites excluding steroid dienone is 5. The van der Waals surface area contributed by atoms with Crippen molar-refractivity contribution in [2.75, 3.05) is 5.32 Å². The molecule has 0 spiro atoms. The zero-order chi connectivity index (χ0) is 20.8. The van der Waals surface area contributed by atoms with E-state index in [1.165, 1.54) is 27.5 Å². The van der Waals surface area contributed by atoms with Crippen LogP contribution in [0.1, 0.15) is 37.1 Å². The summed E-state index contributed by atoms with van der Waals surface area (Å²) < 4.78 is 1.19. The largest absolute Gasteiger partial charge is 0.382 e. The Kier molecular flexibility index (Phi) is 6.44. The van der Waals surface area contributed by atoms with Gasteiger partial charge in [0.1, 0.15) is 0 Å². The lowest BCUT2D eigenvalue weighted by molar-refractivity contribution is 0.728. The second-order valence-electron chi connectivity index (χ2n) is 7.08. The molecule has 0 amide bonds. The van der Waals surface area contributed by atoms with Crippen molar-refractivity contribution >= 4 is 12.7 Å². The summed E-state index contributed by atoms with van der Waals surface area (Å²) in [7, 11) is 0. The molecule has 1 aliphatic carbocycles. The Morgan fingerprint density at radius 1 is 1.17 bits per heavy atom. The lowest BCUT2D eigenvalue weighted by Gasteiger charge is -2.15. The first-order chi connectivity index (χ1) is 14.0. The second-order valence-corrected chi connectivity index (χ2v) is 7.08. The van der Waals surface area contributed by atoms with Crippen LogP contribution >= 0.6 is 0 Å². The van der Waals surface area contributed by atoms with Crippen LogP contribution in [0.2, 0.25) is 0 Å². The highest BCUT2D eigenvalue weighted by atomic mass is 16.1. The molecule has 150 valence electrons. The van der Waals surface area contributed by atoms with Gasteiger partial charge in [-0.2, -0.15) is 9.78 Å². The summed E-state index contributed by atoms with van der Waals surface area (Å²) in [6.07, 6.45) is 7.11. The molecule has 0 fully saturated rings. The summed E-state index contributed by atoms with van der Waals surface area (Å²) in [4.78, 5) is 17.1.